The van der Waals surface area contributed by atoms with Crippen molar-refractivity contribution in [3.05, 3.63) is 53.7 Å². The maximum atomic E-state index is 12.4. The zero-order valence-corrected chi connectivity index (χ0v) is 17.1. The molecule has 0 spiro atoms. The predicted molar refractivity (Wildman–Crippen MR) is 112 cm³/mol. The molecule has 0 radical (unpaired) electrons. The van der Waals surface area contributed by atoms with Crippen LogP contribution >= 0.6 is 0 Å². The Morgan fingerprint density at radius 1 is 0.867 bits per heavy atom. The monoisotopic (exact) mass is 409 g/mol. The molecule has 0 saturated carbocycles. The van der Waals surface area contributed by atoms with Crippen molar-refractivity contribution in [1.29, 1.82) is 0 Å². The molecule has 0 aliphatic carbocycles. The van der Waals surface area contributed by atoms with Crippen LogP contribution in [0.4, 0.5) is 5.82 Å². The van der Waals surface area contributed by atoms with Crippen LogP contribution in [0.15, 0.2) is 42.5 Å². The maximum Gasteiger partial charge on any atom is 0.359 e. The Kier molecular flexibility index (Phi) is 6.53. The van der Waals surface area contributed by atoms with Crippen molar-refractivity contribution in [3.8, 4) is 0 Å². The molecule has 2 saturated heterocycles. The van der Waals surface area contributed by atoms with E-state index in [9.17, 15) is 9.59 Å². The number of carbonyl (C=O) groups is 2. The fourth-order valence-electron chi connectivity index (χ4n) is 3.84. The van der Waals surface area contributed by atoms with E-state index >= 15 is 0 Å². The predicted octanol–water partition coefficient (Wildman–Crippen LogP) is 1.58. The van der Waals surface area contributed by atoms with E-state index in [-0.39, 0.29) is 18.2 Å². The summed E-state index contributed by atoms with van der Waals surface area (Å²) in [7, 11) is 0. The molecule has 8 nitrogen and oxygen atoms in total. The Bertz CT molecular complexity index is 845. The van der Waals surface area contributed by atoms with Gasteiger partial charge in [-0.3, -0.25) is 9.69 Å². The third kappa shape index (κ3) is 5.13. The summed E-state index contributed by atoms with van der Waals surface area (Å²) in [6.45, 7) is 5.41. The molecule has 3 heterocycles. The van der Waals surface area contributed by atoms with Crippen molar-refractivity contribution in [1.82, 2.24) is 20.0 Å². The van der Waals surface area contributed by atoms with Crippen LogP contribution in [0.25, 0.3) is 0 Å². The van der Waals surface area contributed by atoms with Crippen LogP contribution in [0, 0.1) is 0 Å². The van der Waals surface area contributed by atoms with Crippen LogP contribution in [-0.4, -0.2) is 77.7 Å². The molecule has 0 N–H and O–H groups in total. The first kappa shape index (κ1) is 20.3. The summed E-state index contributed by atoms with van der Waals surface area (Å²) in [5.41, 5.74) is 1.39. The van der Waals surface area contributed by atoms with Gasteiger partial charge in [-0.15, -0.1) is 10.2 Å². The first-order chi connectivity index (χ1) is 14.7. The van der Waals surface area contributed by atoms with Gasteiger partial charge in [-0.2, -0.15) is 0 Å². The number of anilines is 1. The second-order valence-corrected chi connectivity index (χ2v) is 7.69. The summed E-state index contributed by atoms with van der Waals surface area (Å²) in [5.74, 6) is -0.0237. The first-order valence-electron chi connectivity index (χ1n) is 10.5. The smallest absolute Gasteiger partial charge is 0.359 e. The fraction of sp³-hybridized carbons (Fsp3) is 0.455. The van der Waals surface area contributed by atoms with Gasteiger partial charge >= 0.3 is 5.97 Å². The van der Waals surface area contributed by atoms with Gasteiger partial charge in [0, 0.05) is 45.8 Å². The lowest BCUT2D eigenvalue weighted by Crippen LogP contribution is -2.49. The van der Waals surface area contributed by atoms with E-state index in [0.29, 0.717) is 13.1 Å². The largest absolute Gasteiger partial charge is 0.451 e. The van der Waals surface area contributed by atoms with Gasteiger partial charge in [0.05, 0.1) is 0 Å². The summed E-state index contributed by atoms with van der Waals surface area (Å²) < 4.78 is 5.17. The van der Waals surface area contributed by atoms with Crippen LogP contribution in [-0.2, 0) is 16.1 Å². The Balaban J connectivity index is 1.20. The summed E-state index contributed by atoms with van der Waals surface area (Å²) in [4.78, 5) is 30.8. The number of aromatic nitrogens is 2. The van der Waals surface area contributed by atoms with Gasteiger partial charge in [-0.1, -0.05) is 30.3 Å². The topological polar surface area (TPSA) is 78.9 Å². The van der Waals surface area contributed by atoms with Crippen LogP contribution in [0.1, 0.15) is 28.9 Å². The average Bonchev–Trinajstić information content (AvgIpc) is 3.34. The molecule has 2 aliphatic heterocycles. The summed E-state index contributed by atoms with van der Waals surface area (Å²) >= 11 is 0. The van der Waals surface area contributed by atoms with E-state index in [1.54, 1.807) is 17.0 Å². The van der Waals surface area contributed by atoms with Gasteiger partial charge in [0.1, 0.15) is 0 Å². The standard InChI is InChI=1S/C22H27N5O3/c28-21(27-14-12-25(13-15-27)16-18-6-2-1-3-7-18)17-30-22(29)19-8-9-20(24-23-19)26-10-4-5-11-26/h1-3,6-9H,4-5,10-17H2. The van der Waals surface area contributed by atoms with Crippen molar-refractivity contribution < 1.29 is 14.3 Å². The van der Waals surface area contributed by atoms with Gasteiger partial charge < -0.3 is 14.5 Å². The molecule has 2 fully saturated rings. The number of amides is 1. The van der Waals surface area contributed by atoms with Gasteiger partial charge in [0.25, 0.3) is 5.91 Å². The average molecular weight is 409 g/mol. The Morgan fingerprint density at radius 3 is 2.27 bits per heavy atom. The van der Waals surface area contributed by atoms with Crippen LogP contribution in [0.3, 0.4) is 0 Å². The highest BCUT2D eigenvalue weighted by atomic mass is 16.5. The van der Waals surface area contributed by atoms with Crippen molar-refractivity contribution in [2.75, 3.05) is 50.8 Å². The summed E-state index contributed by atoms with van der Waals surface area (Å²) in [6, 6.07) is 13.7. The molecule has 0 bridgehead atoms. The van der Waals surface area contributed by atoms with Gasteiger partial charge in [-0.05, 0) is 30.5 Å². The molecule has 4 rings (SSSR count). The molecule has 0 atom stereocenters. The normalized spacial score (nSPS) is 17.2. The van der Waals surface area contributed by atoms with Gasteiger partial charge in [0.2, 0.25) is 0 Å². The minimum absolute atomic E-state index is 0.124. The minimum atomic E-state index is -0.619. The SMILES string of the molecule is O=C(OCC(=O)N1CCN(Cc2ccccc2)CC1)c1ccc(N2CCCC2)nn1. The maximum absolute atomic E-state index is 12.4. The minimum Gasteiger partial charge on any atom is -0.451 e. The molecule has 0 unspecified atom stereocenters. The highest BCUT2D eigenvalue weighted by Crippen LogP contribution is 2.16. The second-order valence-electron chi connectivity index (χ2n) is 7.69. The number of ether oxygens (including phenoxy) is 1. The molecule has 1 aromatic carbocycles. The third-order valence-corrected chi connectivity index (χ3v) is 5.59. The molecule has 158 valence electrons. The Hall–Kier alpha value is -3.00. The second kappa shape index (κ2) is 9.67. The molecule has 2 aliphatic rings. The molecular formula is C22H27N5O3. The molecule has 1 aromatic heterocycles. The molecule has 8 heteroatoms. The van der Waals surface area contributed by atoms with E-state index in [1.807, 2.05) is 18.2 Å². The third-order valence-electron chi connectivity index (χ3n) is 5.59. The van der Waals surface area contributed by atoms with Crippen LogP contribution < -0.4 is 4.90 Å². The van der Waals surface area contributed by atoms with E-state index in [4.69, 9.17) is 4.74 Å². The number of piperazine rings is 1. The van der Waals surface area contributed by atoms with Crippen LogP contribution in [0.2, 0.25) is 0 Å². The summed E-state index contributed by atoms with van der Waals surface area (Å²) in [6.07, 6.45) is 2.29. The van der Waals surface area contributed by atoms with Crippen molar-refractivity contribution in [3.63, 3.8) is 0 Å². The highest BCUT2D eigenvalue weighted by Gasteiger charge is 2.23. The molecule has 1 amide bonds. The zero-order valence-electron chi connectivity index (χ0n) is 17.1. The molecule has 30 heavy (non-hydrogen) atoms. The zero-order chi connectivity index (χ0) is 20.8. The number of esters is 1. The van der Waals surface area contributed by atoms with E-state index < -0.39 is 5.97 Å². The van der Waals surface area contributed by atoms with Crippen molar-refractivity contribution >= 4 is 17.7 Å². The lowest BCUT2D eigenvalue weighted by atomic mass is 10.2. The lowest BCUT2D eigenvalue weighted by molar-refractivity contribution is -0.136. The van der Waals surface area contributed by atoms with Crippen LogP contribution in [0.5, 0.6) is 0 Å². The molecule has 2 aromatic rings. The Morgan fingerprint density at radius 2 is 1.60 bits per heavy atom. The van der Waals surface area contributed by atoms with Crippen molar-refractivity contribution in [2.24, 2.45) is 0 Å². The quantitative estimate of drug-likeness (QED) is 0.670. The first-order valence-corrected chi connectivity index (χ1v) is 10.5. The van der Waals surface area contributed by atoms with E-state index in [1.165, 1.54) is 5.56 Å². The lowest BCUT2D eigenvalue weighted by Gasteiger charge is -2.34. The number of benzene rings is 1. The van der Waals surface area contributed by atoms with Gasteiger partial charge in [0.15, 0.2) is 18.1 Å². The number of carbonyl (C=O) groups excluding carboxylic acids is 2. The number of hydrogen-bond acceptors (Lipinski definition) is 7. The fourth-order valence-corrected chi connectivity index (χ4v) is 3.84. The molecular weight excluding hydrogens is 382 g/mol. The Labute approximate surface area is 176 Å². The van der Waals surface area contributed by atoms with Gasteiger partial charge in [-0.25, -0.2) is 4.79 Å². The number of rotatable bonds is 6. The number of hydrogen-bond donors (Lipinski definition) is 0. The van der Waals surface area contributed by atoms with Crippen molar-refractivity contribution in [2.45, 2.75) is 19.4 Å². The van der Waals surface area contributed by atoms with E-state index in [2.05, 4.69) is 32.1 Å². The van der Waals surface area contributed by atoms with E-state index in [0.717, 1.165) is 51.4 Å². The summed E-state index contributed by atoms with van der Waals surface area (Å²) in [5, 5.41) is 8.08. The number of nitrogens with zero attached hydrogens (tertiary/aromatic N) is 5. The highest BCUT2D eigenvalue weighted by molar-refractivity contribution is 5.89.